The van der Waals surface area contributed by atoms with Crippen molar-refractivity contribution < 1.29 is 18.3 Å². The number of nitrogens with one attached hydrogen (secondary N) is 2. The minimum absolute atomic E-state index is 0.159. The fraction of sp³-hybridized carbons (Fsp3) is 0.294. The van der Waals surface area contributed by atoms with Gasteiger partial charge in [-0.1, -0.05) is 12.1 Å². The average molecular weight is 335 g/mol. The van der Waals surface area contributed by atoms with Crippen molar-refractivity contribution in [2.75, 3.05) is 6.61 Å². The summed E-state index contributed by atoms with van der Waals surface area (Å²) >= 11 is 0. The van der Waals surface area contributed by atoms with Gasteiger partial charge in [0.2, 0.25) is 0 Å². The summed E-state index contributed by atoms with van der Waals surface area (Å²) in [6, 6.07) is 9.86. The van der Waals surface area contributed by atoms with Gasteiger partial charge in [-0.3, -0.25) is 4.98 Å². The summed E-state index contributed by atoms with van der Waals surface area (Å²) in [5.74, 6) is 0.347. The zero-order valence-corrected chi connectivity index (χ0v) is 13.2. The van der Waals surface area contributed by atoms with Gasteiger partial charge in [0.15, 0.2) is 0 Å². The van der Waals surface area contributed by atoms with Crippen LogP contribution in [0.1, 0.15) is 24.1 Å². The fourth-order valence-electron chi connectivity index (χ4n) is 2.07. The van der Waals surface area contributed by atoms with Crippen molar-refractivity contribution in [2.45, 2.75) is 25.9 Å². The van der Waals surface area contributed by atoms with E-state index in [-0.39, 0.29) is 18.6 Å². The van der Waals surface area contributed by atoms with Crippen molar-refractivity contribution in [3.8, 4) is 5.75 Å². The number of halogens is 2. The van der Waals surface area contributed by atoms with Crippen LogP contribution >= 0.6 is 0 Å². The van der Waals surface area contributed by atoms with Crippen molar-refractivity contribution in [1.82, 2.24) is 15.6 Å². The highest BCUT2D eigenvalue weighted by molar-refractivity contribution is 5.74. The Morgan fingerprint density at radius 1 is 1.25 bits per heavy atom. The van der Waals surface area contributed by atoms with Crippen molar-refractivity contribution >= 4 is 6.03 Å². The van der Waals surface area contributed by atoms with E-state index in [2.05, 4.69) is 15.6 Å². The first-order valence-electron chi connectivity index (χ1n) is 7.49. The van der Waals surface area contributed by atoms with Gasteiger partial charge in [-0.15, -0.1) is 0 Å². The molecule has 5 nitrogen and oxygen atoms in total. The first kappa shape index (κ1) is 17.7. The second-order valence-electron chi connectivity index (χ2n) is 5.18. The minimum Gasteiger partial charge on any atom is -0.488 e. The van der Waals surface area contributed by atoms with Crippen LogP contribution in [0.3, 0.4) is 0 Å². The number of alkyl halides is 2. The largest absolute Gasteiger partial charge is 0.488 e. The predicted molar refractivity (Wildman–Crippen MR) is 86.0 cm³/mol. The summed E-state index contributed by atoms with van der Waals surface area (Å²) < 4.78 is 29.2. The molecule has 2 rings (SSSR count). The summed E-state index contributed by atoms with van der Waals surface area (Å²) in [5.41, 5.74) is 1.70. The van der Waals surface area contributed by atoms with Crippen LogP contribution in [0.25, 0.3) is 0 Å². The Bertz CT molecular complexity index is 653. The van der Waals surface area contributed by atoms with Gasteiger partial charge in [-0.05, 0) is 42.3 Å². The van der Waals surface area contributed by atoms with E-state index in [0.29, 0.717) is 5.75 Å². The van der Waals surface area contributed by atoms with Gasteiger partial charge in [-0.25, -0.2) is 13.6 Å². The van der Waals surface area contributed by atoms with Crippen LogP contribution in [0.5, 0.6) is 5.75 Å². The molecule has 7 heteroatoms. The van der Waals surface area contributed by atoms with E-state index in [9.17, 15) is 13.6 Å². The molecule has 2 aromatic rings. The molecule has 1 aromatic heterocycles. The van der Waals surface area contributed by atoms with E-state index in [4.69, 9.17) is 4.74 Å². The molecule has 1 aromatic carbocycles. The highest BCUT2D eigenvalue weighted by atomic mass is 19.3. The number of pyridine rings is 1. The van der Waals surface area contributed by atoms with Gasteiger partial charge in [0.05, 0.1) is 6.04 Å². The third-order valence-corrected chi connectivity index (χ3v) is 3.28. The molecule has 0 aliphatic carbocycles. The number of aromatic nitrogens is 1. The van der Waals surface area contributed by atoms with Crippen LogP contribution in [0.4, 0.5) is 13.6 Å². The Morgan fingerprint density at radius 2 is 2.00 bits per heavy atom. The topological polar surface area (TPSA) is 63.2 Å². The molecule has 0 fully saturated rings. The molecule has 128 valence electrons. The maximum atomic E-state index is 12.1. The third-order valence-electron chi connectivity index (χ3n) is 3.28. The standard InChI is InChI=1S/C17H19F2N3O2/c1-12(14-5-7-20-8-6-14)22-17(23)21-10-13-3-2-4-15(9-13)24-11-16(18)19/h2-9,12,16H,10-11H2,1H3,(H2,21,22,23). The van der Waals surface area contributed by atoms with Crippen LogP contribution < -0.4 is 15.4 Å². The maximum Gasteiger partial charge on any atom is 0.315 e. The molecule has 0 bridgehead atoms. The van der Waals surface area contributed by atoms with Crippen LogP contribution in [0, 0.1) is 0 Å². The lowest BCUT2D eigenvalue weighted by Gasteiger charge is -2.15. The zero-order valence-electron chi connectivity index (χ0n) is 13.2. The molecule has 2 amide bonds. The zero-order chi connectivity index (χ0) is 17.4. The number of nitrogens with zero attached hydrogens (tertiary/aromatic N) is 1. The van der Waals surface area contributed by atoms with Gasteiger partial charge in [0, 0.05) is 18.9 Å². The minimum atomic E-state index is -2.52. The number of amides is 2. The number of carbonyl (C=O) groups excluding carboxylic acids is 1. The second-order valence-corrected chi connectivity index (χ2v) is 5.18. The highest BCUT2D eigenvalue weighted by Crippen LogP contribution is 2.14. The Kier molecular flexibility index (Phi) is 6.48. The molecule has 0 aliphatic rings. The van der Waals surface area contributed by atoms with Crippen molar-refractivity contribution in [2.24, 2.45) is 0 Å². The fourth-order valence-corrected chi connectivity index (χ4v) is 2.07. The Labute approximate surface area is 139 Å². The first-order chi connectivity index (χ1) is 11.5. The van der Waals surface area contributed by atoms with Crippen LogP contribution in [0.15, 0.2) is 48.8 Å². The lowest BCUT2D eigenvalue weighted by molar-refractivity contribution is 0.0818. The van der Waals surface area contributed by atoms with E-state index in [1.807, 2.05) is 19.1 Å². The number of carbonyl (C=O) groups is 1. The number of benzene rings is 1. The van der Waals surface area contributed by atoms with Crippen LogP contribution in [-0.4, -0.2) is 24.0 Å². The number of rotatable bonds is 7. The normalized spacial score (nSPS) is 11.8. The molecule has 0 radical (unpaired) electrons. The van der Waals surface area contributed by atoms with Gasteiger partial charge in [-0.2, -0.15) is 0 Å². The van der Waals surface area contributed by atoms with Gasteiger partial charge < -0.3 is 15.4 Å². The highest BCUT2D eigenvalue weighted by Gasteiger charge is 2.09. The van der Waals surface area contributed by atoms with E-state index < -0.39 is 13.0 Å². The first-order valence-corrected chi connectivity index (χ1v) is 7.49. The Morgan fingerprint density at radius 3 is 2.71 bits per heavy atom. The summed E-state index contributed by atoms with van der Waals surface area (Å²) in [6.45, 7) is 1.48. The average Bonchev–Trinajstić information content (AvgIpc) is 2.59. The summed E-state index contributed by atoms with van der Waals surface area (Å²) in [5, 5.41) is 5.54. The molecule has 1 heterocycles. The molecular weight excluding hydrogens is 316 g/mol. The lowest BCUT2D eigenvalue weighted by atomic mass is 10.1. The van der Waals surface area contributed by atoms with Crippen molar-refractivity contribution in [3.05, 3.63) is 59.9 Å². The molecule has 2 N–H and O–H groups in total. The number of ether oxygens (including phenoxy) is 1. The molecule has 0 aliphatic heterocycles. The van der Waals surface area contributed by atoms with Crippen LogP contribution in [-0.2, 0) is 6.54 Å². The lowest BCUT2D eigenvalue weighted by Crippen LogP contribution is -2.36. The molecule has 0 saturated heterocycles. The predicted octanol–water partition coefficient (Wildman–Crippen LogP) is 3.29. The van der Waals surface area contributed by atoms with Crippen LogP contribution in [0.2, 0.25) is 0 Å². The Balaban J connectivity index is 1.82. The summed E-state index contributed by atoms with van der Waals surface area (Å²) in [6.07, 6.45) is 0.805. The van der Waals surface area contributed by atoms with Gasteiger partial charge in [0.1, 0.15) is 12.4 Å². The van der Waals surface area contributed by atoms with E-state index in [1.54, 1.807) is 36.7 Å². The van der Waals surface area contributed by atoms with Crippen molar-refractivity contribution in [1.29, 1.82) is 0 Å². The molecule has 1 unspecified atom stereocenters. The van der Waals surface area contributed by atoms with Crippen molar-refractivity contribution in [3.63, 3.8) is 0 Å². The third kappa shape index (κ3) is 5.83. The number of hydrogen-bond acceptors (Lipinski definition) is 3. The summed E-state index contributed by atoms with van der Waals surface area (Å²) in [7, 11) is 0. The smallest absolute Gasteiger partial charge is 0.315 e. The number of urea groups is 1. The number of hydrogen-bond donors (Lipinski definition) is 2. The molecular formula is C17H19F2N3O2. The molecule has 1 atom stereocenters. The maximum absolute atomic E-state index is 12.1. The molecule has 0 saturated carbocycles. The quantitative estimate of drug-likeness (QED) is 0.816. The van der Waals surface area contributed by atoms with Gasteiger partial charge in [0.25, 0.3) is 6.43 Å². The SMILES string of the molecule is CC(NC(=O)NCc1cccc(OCC(F)F)c1)c1ccncc1. The second kappa shape index (κ2) is 8.81. The van der Waals surface area contributed by atoms with E-state index >= 15 is 0 Å². The van der Waals surface area contributed by atoms with Gasteiger partial charge >= 0.3 is 6.03 Å². The monoisotopic (exact) mass is 335 g/mol. The Hall–Kier alpha value is -2.70. The molecule has 24 heavy (non-hydrogen) atoms. The molecule has 0 spiro atoms. The summed E-state index contributed by atoms with van der Waals surface area (Å²) in [4.78, 5) is 15.9. The van der Waals surface area contributed by atoms with E-state index in [0.717, 1.165) is 11.1 Å². The van der Waals surface area contributed by atoms with E-state index in [1.165, 1.54) is 0 Å².